The average Bonchev–Trinajstić information content (AvgIpc) is 3.22. The van der Waals surface area contributed by atoms with Crippen molar-refractivity contribution in [2.24, 2.45) is 7.05 Å². The minimum Gasteiger partial charge on any atom is -0.496 e. The van der Waals surface area contributed by atoms with E-state index in [1.165, 1.54) is 0 Å². The highest BCUT2D eigenvalue weighted by Gasteiger charge is 2.13. The number of methoxy groups -OCH3 is 1. The summed E-state index contributed by atoms with van der Waals surface area (Å²) in [5.74, 6) is 0.752. The van der Waals surface area contributed by atoms with E-state index < -0.39 is 0 Å². The van der Waals surface area contributed by atoms with Crippen LogP contribution < -0.4 is 10.1 Å². The molecule has 0 saturated heterocycles. The van der Waals surface area contributed by atoms with E-state index in [-0.39, 0.29) is 5.91 Å². The van der Waals surface area contributed by atoms with Crippen molar-refractivity contribution < 1.29 is 9.53 Å². The Labute approximate surface area is 174 Å². The second-order valence-corrected chi connectivity index (χ2v) is 7.00. The smallest absolute Gasteiger partial charge is 0.220 e. The zero-order chi connectivity index (χ0) is 20.9. The Morgan fingerprint density at radius 2 is 1.97 bits per heavy atom. The number of nitrogens with zero attached hydrogens (tertiary/aromatic N) is 4. The molecule has 1 N–H and O–H groups in total. The Balaban J connectivity index is 1.44. The summed E-state index contributed by atoms with van der Waals surface area (Å²) in [4.78, 5) is 21.4. The minimum atomic E-state index is -0.0484. The lowest BCUT2D eigenvalue weighted by Crippen LogP contribution is -2.24. The summed E-state index contributed by atoms with van der Waals surface area (Å²) in [6.45, 7) is 0.309. The normalized spacial score (nSPS) is 10.9. The molecular formula is C23H23N5O2. The number of amides is 1. The molecule has 7 heteroatoms. The second-order valence-electron chi connectivity index (χ2n) is 7.00. The molecule has 0 aliphatic rings. The molecule has 2 aromatic heterocycles. The van der Waals surface area contributed by atoms with Crippen LogP contribution in [0, 0.1) is 0 Å². The van der Waals surface area contributed by atoms with Crippen molar-refractivity contribution in [2.45, 2.75) is 19.4 Å². The van der Waals surface area contributed by atoms with E-state index in [1.807, 2.05) is 37.5 Å². The van der Waals surface area contributed by atoms with Crippen LogP contribution in [-0.2, 0) is 24.8 Å². The molecule has 30 heavy (non-hydrogen) atoms. The zero-order valence-electron chi connectivity index (χ0n) is 17.0. The monoisotopic (exact) mass is 401 g/mol. The molecule has 2 heterocycles. The van der Waals surface area contributed by atoms with E-state index in [9.17, 15) is 4.79 Å². The van der Waals surface area contributed by atoms with E-state index in [1.54, 1.807) is 30.4 Å². The topological polar surface area (TPSA) is 81.9 Å². The molecule has 0 fully saturated rings. The Morgan fingerprint density at radius 3 is 2.77 bits per heavy atom. The largest absolute Gasteiger partial charge is 0.496 e. The van der Waals surface area contributed by atoms with E-state index in [0.29, 0.717) is 25.1 Å². The van der Waals surface area contributed by atoms with Gasteiger partial charge in [-0.2, -0.15) is 5.10 Å². The van der Waals surface area contributed by atoms with Crippen LogP contribution in [0.15, 0.2) is 61.2 Å². The van der Waals surface area contributed by atoms with Crippen LogP contribution in [0.3, 0.4) is 0 Å². The van der Waals surface area contributed by atoms with Gasteiger partial charge in [0.2, 0.25) is 5.91 Å². The van der Waals surface area contributed by atoms with E-state index in [4.69, 9.17) is 4.74 Å². The Morgan fingerprint density at radius 1 is 1.13 bits per heavy atom. The fraction of sp³-hybridized carbons (Fsp3) is 0.217. The number of aromatic nitrogens is 4. The fourth-order valence-electron chi connectivity index (χ4n) is 3.56. The van der Waals surface area contributed by atoms with Crippen LogP contribution in [-0.4, -0.2) is 32.8 Å². The van der Waals surface area contributed by atoms with Crippen molar-refractivity contribution in [1.29, 1.82) is 0 Å². The quantitative estimate of drug-likeness (QED) is 0.514. The Kier molecular flexibility index (Phi) is 5.70. The molecule has 0 aliphatic heterocycles. The van der Waals surface area contributed by atoms with Gasteiger partial charge in [-0.3, -0.25) is 19.4 Å². The van der Waals surface area contributed by atoms with Gasteiger partial charge >= 0.3 is 0 Å². The molecular weight excluding hydrogens is 378 g/mol. The number of hydrogen-bond acceptors (Lipinski definition) is 5. The summed E-state index contributed by atoms with van der Waals surface area (Å²) >= 11 is 0. The maximum Gasteiger partial charge on any atom is 0.220 e. The summed E-state index contributed by atoms with van der Waals surface area (Å²) in [6, 6.07) is 12.1. The lowest BCUT2D eigenvalue weighted by atomic mass is 9.99. The number of ether oxygens (including phenoxy) is 1. The predicted molar refractivity (Wildman–Crippen MR) is 115 cm³/mol. The SMILES string of the molecule is COc1ccc2ccccc2c1CCC(=O)NCc1nccnc1-c1cnn(C)c1. The number of carbonyl (C=O) groups excluding carboxylic acids is 1. The Hall–Kier alpha value is -3.74. The van der Waals surface area contributed by atoms with Gasteiger partial charge in [-0.15, -0.1) is 0 Å². The molecule has 0 unspecified atom stereocenters. The summed E-state index contributed by atoms with van der Waals surface area (Å²) in [5, 5.41) is 9.39. The van der Waals surface area contributed by atoms with Crippen molar-refractivity contribution in [3.63, 3.8) is 0 Å². The first-order valence-electron chi connectivity index (χ1n) is 9.76. The third kappa shape index (κ3) is 4.15. The molecule has 0 radical (unpaired) electrons. The van der Waals surface area contributed by atoms with E-state index in [0.717, 1.165) is 33.3 Å². The first-order chi connectivity index (χ1) is 14.7. The van der Waals surface area contributed by atoms with Gasteiger partial charge in [0.1, 0.15) is 5.75 Å². The van der Waals surface area contributed by atoms with Crippen LogP contribution in [0.1, 0.15) is 17.7 Å². The van der Waals surface area contributed by atoms with Gasteiger partial charge in [-0.25, -0.2) is 0 Å². The number of hydrogen-bond donors (Lipinski definition) is 1. The molecule has 4 aromatic rings. The number of nitrogens with one attached hydrogen (secondary N) is 1. The van der Waals surface area contributed by atoms with Crippen LogP contribution in [0.25, 0.3) is 22.0 Å². The molecule has 2 aromatic carbocycles. The maximum atomic E-state index is 12.6. The van der Waals surface area contributed by atoms with Crippen LogP contribution in [0.2, 0.25) is 0 Å². The van der Waals surface area contributed by atoms with Gasteiger partial charge in [0, 0.05) is 43.2 Å². The van der Waals surface area contributed by atoms with Crippen molar-refractivity contribution in [2.75, 3.05) is 7.11 Å². The molecule has 0 bridgehead atoms. The molecule has 0 aliphatic carbocycles. The van der Waals surface area contributed by atoms with Crippen molar-refractivity contribution in [1.82, 2.24) is 25.1 Å². The van der Waals surface area contributed by atoms with Gasteiger partial charge in [-0.1, -0.05) is 30.3 Å². The standard InChI is InChI=1S/C23H23N5O2/c1-28-15-17(13-27-28)23-20(24-11-12-25-23)14-26-22(29)10-8-19-18-6-4-3-5-16(18)7-9-21(19)30-2/h3-7,9,11-13,15H,8,10,14H2,1-2H3,(H,26,29). The highest BCUT2D eigenvalue weighted by Crippen LogP contribution is 2.29. The number of fused-ring (bicyclic) bond motifs is 1. The second kappa shape index (κ2) is 8.73. The number of rotatable bonds is 7. The summed E-state index contributed by atoms with van der Waals surface area (Å²) in [5.41, 5.74) is 3.35. The predicted octanol–water partition coefficient (Wildman–Crippen LogP) is 3.29. The average molecular weight is 401 g/mol. The summed E-state index contributed by atoms with van der Waals surface area (Å²) < 4.78 is 7.24. The highest BCUT2D eigenvalue weighted by molar-refractivity contribution is 5.88. The maximum absolute atomic E-state index is 12.6. The number of benzene rings is 2. The van der Waals surface area contributed by atoms with Gasteiger partial charge in [0.25, 0.3) is 0 Å². The van der Waals surface area contributed by atoms with Crippen molar-refractivity contribution in [3.8, 4) is 17.0 Å². The van der Waals surface area contributed by atoms with E-state index in [2.05, 4.69) is 32.5 Å². The third-order valence-corrected chi connectivity index (χ3v) is 5.02. The minimum absolute atomic E-state index is 0.0484. The first kappa shape index (κ1) is 19.6. The highest BCUT2D eigenvalue weighted by atomic mass is 16.5. The van der Waals surface area contributed by atoms with E-state index >= 15 is 0 Å². The first-order valence-corrected chi connectivity index (χ1v) is 9.76. The number of carbonyl (C=O) groups is 1. The summed E-state index contributed by atoms with van der Waals surface area (Å²) in [6.07, 6.45) is 7.83. The number of aryl methyl sites for hydroxylation is 2. The van der Waals surface area contributed by atoms with Crippen molar-refractivity contribution >= 4 is 16.7 Å². The van der Waals surface area contributed by atoms with Gasteiger partial charge < -0.3 is 10.1 Å². The van der Waals surface area contributed by atoms with Crippen molar-refractivity contribution in [3.05, 3.63) is 72.4 Å². The Bertz CT molecular complexity index is 1190. The molecule has 4 rings (SSSR count). The molecule has 0 atom stereocenters. The van der Waals surface area contributed by atoms with Gasteiger partial charge in [-0.05, 0) is 23.3 Å². The third-order valence-electron chi connectivity index (χ3n) is 5.02. The molecule has 0 spiro atoms. The van der Waals surface area contributed by atoms with Crippen LogP contribution in [0.4, 0.5) is 0 Å². The van der Waals surface area contributed by atoms with Gasteiger partial charge in [0.05, 0.1) is 31.2 Å². The molecule has 152 valence electrons. The van der Waals surface area contributed by atoms with Gasteiger partial charge in [0.15, 0.2) is 0 Å². The summed E-state index contributed by atoms with van der Waals surface area (Å²) in [7, 11) is 3.50. The molecule has 1 amide bonds. The lowest BCUT2D eigenvalue weighted by Gasteiger charge is -2.12. The lowest BCUT2D eigenvalue weighted by molar-refractivity contribution is -0.121. The zero-order valence-corrected chi connectivity index (χ0v) is 17.0. The van der Waals surface area contributed by atoms with Crippen LogP contribution in [0.5, 0.6) is 5.75 Å². The molecule has 7 nitrogen and oxygen atoms in total. The molecule has 0 saturated carbocycles. The fourth-order valence-corrected chi connectivity index (χ4v) is 3.56. The van der Waals surface area contributed by atoms with Crippen LogP contribution >= 0.6 is 0 Å².